The topological polar surface area (TPSA) is 38.0 Å². The van der Waals surface area contributed by atoms with E-state index in [4.69, 9.17) is 5.73 Å². The maximum absolute atomic E-state index is 12.9. The van der Waals surface area contributed by atoms with Crippen molar-refractivity contribution < 1.29 is 13.2 Å². The van der Waals surface area contributed by atoms with Gasteiger partial charge in [0.1, 0.15) is 0 Å². The highest BCUT2D eigenvalue weighted by molar-refractivity contribution is 5.69. The van der Waals surface area contributed by atoms with Gasteiger partial charge in [-0.3, -0.25) is 0 Å². The van der Waals surface area contributed by atoms with Gasteiger partial charge in [0, 0.05) is 24.0 Å². The molecule has 1 aromatic carbocycles. The lowest BCUT2D eigenvalue weighted by Gasteiger charge is -2.16. The molecule has 0 aromatic heterocycles. The second-order valence-corrected chi connectivity index (χ2v) is 3.58. The van der Waals surface area contributed by atoms with Crippen molar-refractivity contribution in [1.82, 2.24) is 5.32 Å². The van der Waals surface area contributed by atoms with E-state index < -0.39 is 11.7 Å². The molecule has 0 fully saturated rings. The van der Waals surface area contributed by atoms with E-state index in [2.05, 4.69) is 5.32 Å². The first-order valence-electron chi connectivity index (χ1n) is 5.25. The molecule has 5 heteroatoms. The van der Waals surface area contributed by atoms with Gasteiger partial charge in [0.05, 0.1) is 5.56 Å². The summed E-state index contributed by atoms with van der Waals surface area (Å²) < 4.78 is 38.6. The summed E-state index contributed by atoms with van der Waals surface area (Å²) in [5, 5.41) is 2.77. The van der Waals surface area contributed by atoms with Crippen molar-refractivity contribution >= 4 is 11.4 Å². The number of alkyl halides is 3. The van der Waals surface area contributed by atoms with Gasteiger partial charge in [0.25, 0.3) is 0 Å². The van der Waals surface area contributed by atoms with E-state index in [-0.39, 0.29) is 11.3 Å². The highest BCUT2D eigenvalue weighted by Crippen LogP contribution is 2.35. The zero-order chi connectivity index (χ0) is 13.1. The smallest absolute Gasteiger partial charge is 0.399 e. The minimum absolute atomic E-state index is 0.105. The first kappa shape index (κ1) is 13.4. The number of hydrogen-bond donors (Lipinski definition) is 2. The molecule has 0 spiro atoms. The Morgan fingerprint density at radius 1 is 1.41 bits per heavy atom. The quantitative estimate of drug-likeness (QED) is 0.801. The van der Waals surface area contributed by atoms with Crippen LogP contribution in [0.25, 0.3) is 5.70 Å². The van der Waals surface area contributed by atoms with E-state index in [1.165, 1.54) is 12.1 Å². The molecule has 0 heterocycles. The molecule has 0 unspecified atom stereocenters. The summed E-state index contributed by atoms with van der Waals surface area (Å²) in [5.74, 6) is 0. The number of hydrogen-bond acceptors (Lipinski definition) is 2. The fourth-order valence-electron chi connectivity index (χ4n) is 1.58. The molecule has 2 nitrogen and oxygen atoms in total. The Hall–Kier alpha value is -1.65. The first-order valence-corrected chi connectivity index (χ1v) is 5.25. The fraction of sp³-hybridized carbons (Fsp3) is 0.333. The number of nitrogens with one attached hydrogen (secondary N) is 1. The van der Waals surface area contributed by atoms with Gasteiger partial charge in [-0.25, -0.2) is 0 Å². The number of benzene rings is 1. The van der Waals surface area contributed by atoms with Crippen LogP contribution in [0.15, 0.2) is 24.3 Å². The molecule has 17 heavy (non-hydrogen) atoms. The molecule has 0 saturated carbocycles. The van der Waals surface area contributed by atoms with Gasteiger partial charge in [-0.2, -0.15) is 13.2 Å². The maximum atomic E-state index is 12.9. The molecule has 0 bridgehead atoms. The van der Waals surface area contributed by atoms with E-state index in [9.17, 15) is 13.2 Å². The van der Waals surface area contributed by atoms with Crippen LogP contribution in [-0.4, -0.2) is 7.05 Å². The van der Waals surface area contributed by atoms with Crippen LogP contribution in [0.5, 0.6) is 0 Å². The summed E-state index contributed by atoms with van der Waals surface area (Å²) in [6.07, 6.45) is -2.05. The molecule has 0 saturated heterocycles. The van der Waals surface area contributed by atoms with E-state index in [0.29, 0.717) is 12.1 Å². The van der Waals surface area contributed by atoms with Crippen molar-refractivity contribution in [2.45, 2.75) is 19.5 Å². The highest BCUT2D eigenvalue weighted by Gasteiger charge is 2.34. The Labute approximate surface area is 98.3 Å². The van der Waals surface area contributed by atoms with Gasteiger partial charge in [0.15, 0.2) is 0 Å². The molecular weight excluding hydrogens is 229 g/mol. The lowest BCUT2D eigenvalue weighted by Crippen LogP contribution is -2.14. The normalized spacial score (nSPS) is 12.6. The van der Waals surface area contributed by atoms with E-state index >= 15 is 0 Å². The summed E-state index contributed by atoms with van der Waals surface area (Å²) in [6, 6.07) is 3.80. The van der Waals surface area contributed by atoms with Crippen LogP contribution in [0.2, 0.25) is 0 Å². The average Bonchev–Trinajstić information content (AvgIpc) is 2.25. The minimum atomic E-state index is -4.41. The summed E-state index contributed by atoms with van der Waals surface area (Å²) in [5.41, 5.74) is 5.37. The molecule has 0 aliphatic heterocycles. The SMILES string of the molecule is CC/C=C(\NC)c1ccc(N)cc1C(F)(F)F. The Morgan fingerprint density at radius 3 is 2.53 bits per heavy atom. The number of anilines is 1. The van der Waals surface area contributed by atoms with Crippen LogP contribution in [0, 0.1) is 0 Å². The number of rotatable bonds is 3. The summed E-state index contributed by atoms with van der Waals surface area (Å²) in [7, 11) is 1.60. The number of nitrogens with two attached hydrogens (primary N) is 1. The average molecular weight is 244 g/mol. The van der Waals surface area contributed by atoms with E-state index in [0.717, 1.165) is 6.07 Å². The Bertz CT molecular complexity index is 422. The standard InChI is InChI=1S/C12H15F3N2/c1-3-4-11(17-2)9-6-5-8(16)7-10(9)12(13,14)15/h4-7,17H,3,16H2,1-2H3/b11-4-. The van der Waals surface area contributed by atoms with Crippen LogP contribution in [-0.2, 0) is 6.18 Å². The van der Waals surface area contributed by atoms with Crippen molar-refractivity contribution in [3.05, 3.63) is 35.4 Å². The monoisotopic (exact) mass is 244 g/mol. The molecule has 94 valence electrons. The summed E-state index contributed by atoms with van der Waals surface area (Å²) >= 11 is 0. The van der Waals surface area contributed by atoms with Crippen LogP contribution in [0.1, 0.15) is 24.5 Å². The van der Waals surface area contributed by atoms with Crippen molar-refractivity contribution in [2.24, 2.45) is 0 Å². The predicted molar refractivity (Wildman–Crippen MR) is 63.2 cm³/mol. The van der Waals surface area contributed by atoms with E-state index in [1.54, 1.807) is 13.1 Å². The molecular formula is C12H15F3N2. The largest absolute Gasteiger partial charge is 0.417 e. The zero-order valence-electron chi connectivity index (χ0n) is 9.73. The van der Waals surface area contributed by atoms with Crippen LogP contribution < -0.4 is 11.1 Å². The third-order valence-corrected chi connectivity index (χ3v) is 2.32. The minimum Gasteiger partial charge on any atom is -0.399 e. The molecule has 0 aliphatic rings. The number of nitrogen functional groups attached to an aromatic ring is 1. The zero-order valence-corrected chi connectivity index (χ0v) is 9.73. The summed E-state index contributed by atoms with van der Waals surface area (Å²) in [6.45, 7) is 1.86. The van der Waals surface area contributed by atoms with Crippen LogP contribution in [0.4, 0.5) is 18.9 Å². The predicted octanol–water partition coefficient (Wildman–Crippen LogP) is 3.26. The van der Waals surface area contributed by atoms with Gasteiger partial charge in [-0.05, 0) is 18.6 Å². The molecule has 1 rings (SSSR count). The van der Waals surface area contributed by atoms with Crippen LogP contribution >= 0.6 is 0 Å². The second-order valence-electron chi connectivity index (χ2n) is 3.58. The Morgan fingerprint density at radius 2 is 2.06 bits per heavy atom. The lowest BCUT2D eigenvalue weighted by atomic mass is 10.0. The van der Waals surface area contributed by atoms with Crippen molar-refractivity contribution in [2.75, 3.05) is 12.8 Å². The maximum Gasteiger partial charge on any atom is 0.417 e. The first-order chi connectivity index (χ1) is 7.90. The van der Waals surface area contributed by atoms with E-state index in [1.807, 2.05) is 6.92 Å². The van der Waals surface area contributed by atoms with Crippen LogP contribution in [0.3, 0.4) is 0 Å². The second kappa shape index (κ2) is 5.12. The Kier molecular flexibility index (Phi) is 4.04. The summed E-state index contributed by atoms with van der Waals surface area (Å²) in [4.78, 5) is 0. The lowest BCUT2D eigenvalue weighted by molar-refractivity contribution is -0.137. The highest BCUT2D eigenvalue weighted by atomic mass is 19.4. The molecule has 0 aliphatic carbocycles. The molecule has 0 atom stereocenters. The Balaban J connectivity index is 3.38. The molecule has 0 radical (unpaired) electrons. The molecule has 3 N–H and O–H groups in total. The molecule has 1 aromatic rings. The van der Waals surface area contributed by atoms with Gasteiger partial charge in [-0.15, -0.1) is 0 Å². The van der Waals surface area contributed by atoms with Crippen molar-refractivity contribution in [3.63, 3.8) is 0 Å². The van der Waals surface area contributed by atoms with Gasteiger partial charge in [-0.1, -0.05) is 19.1 Å². The van der Waals surface area contributed by atoms with Gasteiger partial charge in [0.2, 0.25) is 0 Å². The van der Waals surface area contributed by atoms with Gasteiger partial charge < -0.3 is 11.1 Å². The van der Waals surface area contributed by atoms with Crippen molar-refractivity contribution in [3.8, 4) is 0 Å². The molecule has 0 amide bonds. The number of halogens is 3. The van der Waals surface area contributed by atoms with Crippen molar-refractivity contribution in [1.29, 1.82) is 0 Å². The third-order valence-electron chi connectivity index (χ3n) is 2.32. The third kappa shape index (κ3) is 3.15. The number of allylic oxidation sites excluding steroid dienone is 1. The fourth-order valence-corrected chi connectivity index (χ4v) is 1.58. The van der Waals surface area contributed by atoms with Gasteiger partial charge >= 0.3 is 6.18 Å².